The fourth-order valence-corrected chi connectivity index (χ4v) is 9.52. The molecule has 49 heavy (non-hydrogen) atoms. The minimum atomic E-state index is -0.477. The second-order valence-corrected chi connectivity index (χ2v) is 17.3. The Balaban J connectivity index is 1.33. The summed E-state index contributed by atoms with van der Waals surface area (Å²) in [5.41, 5.74) is -0.501. The van der Waals surface area contributed by atoms with Gasteiger partial charge in [-0.3, -0.25) is 20.0 Å². The highest BCUT2D eigenvalue weighted by atomic mass is 16.5. The van der Waals surface area contributed by atoms with Crippen LogP contribution in [0.25, 0.3) is 0 Å². The van der Waals surface area contributed by atoms with E-state index in [1.165, 1.54) is 12.8 Å². The molecule has 4 aliphatic rings. The van der Waals surface area contributed by atoms with E-state index in [-0.39, 0.29) is 16.9 Å². The number of nitrogens with one attached hydrogen (secondary N) is 1. The topological polar surface area (TPSA) is 66.9 Å². The lowest BCUT2D eigenvalue weighted by molar-refractivity contribution is -0.190. The van der Waals surface area contributed by atoms with Crippen molar-refractivity contribution in [3.8, 4) is 0 Å². The van der Waals surface area contributed by atoms with Gasteiger partial charge in [0.15, 0.2) is 0 Å². The predicted molar refractivity (Wildman–Crippen MR) is 204 cm³/mol. The first kappa shape index (κ1) is 41.4. The van der Waals surface area contributed by atoms with E-state index >= 15 is 0 Å². The smallest absolute Gasteiger partial charge is 0.125 e. The summed E-state index contributed by atoms with van der Waals surface area (Å²) in [6.45, 7) is 32.4. The van der Waals surface area contributed by atoms with Gasteiger partial charge in [-0.25, -0.2) is 0 Å². The summed E-state index contributed by atoms with van der Waals surface area (Å²) in [5.74, 6) is 0. The maximum atomic E-state index is 11.1. The summed E-state index contributed by atoms with van der Waals surface area (Å²) in [6, 6.07) is 2.19. The van der Waals surface area contributed by atoms with Crippen molar-refractivity contribution in [1.82, 2.24) is 29.8 Å². The van der Waals surface area contributed by atoms with Gasteiger partial charge in [0, 0.05) is 102 Å². The van der Waals surface area contributed by atoms with E-state index in [0.717, 1.165) is 123 Å². The highest BCUT2D eigenvalue weighted by molar-refractivity contribution is 4.97. The molecule has 0 saturated carbocycles. The molecule has 0 amide bonds. The summed E-state index contributed by atoms with van der Waals surface area (Å²) in [4.78, 5) is 13.4. The number of hydrogen-bond donors (Lipinski definition) is 2. The van der Waals surface area contributed by atoms with Crippen LogP contribution in [0.1, 0.15) is 133 Å². The monoisotopic (exact) mass is 693 g/mol. The van der Waals surface area contributed by atoms with Crippen LogP contribution in [0.4, 0.5) is 0 Å². The third-order valence-corrected chi connectivity index (χ3v) is 14.2. The van der Waals surface area contributed by atoms with Crippen LogP contribution in [0.15, 0.2) is 0 Å². The Hall–Kier alpha value is -0.360. The van der Waals surface area contributed by atoms with Crippen LogP contribution in [0, 0.1) is 0 Å². The number of piperidine rings is 4. The molecule has 3 atom stereocenters. The molecule has 4 heterocycles. The Morgan fingerprint density at radius 2 is 1.22 bits per heavy atom. The zero-order valence-corrected chi connectivity index (χ0v) is 33.9. The molecule has 4 aliphatic heterocycles. The van der Waals surface area contributed by atoms with Crippen molar-refractivity contribution < 1.29 is 14.6 Å². The molecule has 4 fully saturated rings. The van der Waals surface area contributed by atoms with E-state index in [2.05, 4.69) is 92.1 Å². The number of aliphatic hydroxyl groups is 1. The second kappa shape index (κ2) is 18.1. The van der Waals surface area contributed by atoms with Crippen molar-refractivity contribution >= 4 is 0 Å². The number of likely N-dealkylation sites (tertiary alicyclic amines) is 4. The molecule has 0 aliphatic carbocycles. The first-order valence-electron chi connectivity index (χ1n) is 20.6. The third-order valence-electron chi connectivity index (χ3n) is 14.2. The number of hydrogen-bond acceptors (Lipinski definition) is 9. The van der Waals surface area contributed by atoms with Gasteiger partial charge < -0.3 is 24.4 Å². The molecule has 4 rings (SSSR count). The normalized spacial score (nSPS) is 27.4. The third kappa shape index (κ3) is 10.6. The van der Waals surface area contributed by atoms with E-state index in [1.54, 1.807) is 0 Å². The molecule has 0 spiro atoms. The predicted octanol–water partition coefficient (Wildman–Crippen LogP) is 5.61. The van der Waals surface area contributed by atoms with Crippen molar-refractivity contribution in [2.75, 3.05) is 79.3 Å². The van der Waals surface area contributed by atoms with Gasteiger partial charge in [0.2, 0.25) is 0 Å². The van der Waals surface area contributed by atoms with E-state index in [0.29, 0.717) is 30.9 Å². The van der Waals surface area contributed by atoms with Gasteiger partial charge in [0.25, 0.3) is 0 Å². The lowest BCUT2D eigenvalue weighted by Gasteiger charge is -2.50. The number of ether oxygens (including phenoxy) is 2. The van der Waals surface area contributed by atoms with E-state index < -0.39 is 5.60 Å². The molecule has 3 unspecified atom stereocenters. The van der Waals surface area contributed by atoms with Crippen LogP contribution >= 0.6 is 0 Å². The van der Waals surface area contributed by atoms with Gasteiger partial charge in [0.05, 0.1) is 17.9 Å². The molecule has 288 valence electrons. The Labute approximate surface area is 302 Å². The van der Waals surface area contributed by atoms with Crippen molar-refractivity contribution in [2.24, 2.45) is 0 Å². The molecule has 9 nitrogen and oxygen atoms in total. The molecule has 0 aromatic heterocycles. The maximum Gasteiger partial charge on any atom is 0.125 e. The van der Waals surface area contributed by atoms with Crippen molar-refractivity contribution in [3.05, 3.63) is 0 Å². The zero-order chi connectivity index (χ0) is 35.9. The van der Waals surface area contributed by atoms with Gasteiger partial charge >= 0.3 is 0 Å². The van der Waals surface area contributed by atoms with E-state index in [9.17, 15) is 5.11 Å². The fraction of sp³-hybridized carbons (Fsp3) is 1.00. The van der Waals surface area contributed by atoms with Crippen LogP contribution in [-0.2, 0) is 9.47 Å². The van der Waals surface area contributed by atoms with Crippen LogP contribution < -0.4 is 5.32 Å². The Morgan fingerprint density at radius 1 is 0.694 bits per heavy atom. The second-order valence-electron chi connectivity index (χ2n) is 17.3. The highest BCUT2D eigenvalue weighted by Crippen LogP contribution is 2.34. The van der Waals surface area contributed by atoms with Gasteiger partial charge in [-0.1, -0.05) is 20.8 Å². The van der Waals surface area contributed by atoms with Crippen molar-refractivity contribution in [2.45, 2.75) is 180 Å². The molecular weight excluding hydrogens is 612 g/mol. The van der Waals surface area contributed by atoms with Crippen molar-refractivity contribution in [3.63, 3.8) is 0 Å². The van der Waals surface area contributed by atoms with E-state index in [4.69, 9.17) is 9.47 Å². The van der Waals surface area contributed by atoms with Gasteiger partial charge in [-0.15, -0.1) is 0 Å². The number of methoxy groups -OCH3 is 1. The summed E-state index contributed by atoms with van der Waals surface area (Å²) in [7, 11) is 1.87. The summed E-state index contributed by atoms with van der Waals surface area (Å²) < 4.78 is 12.7. The average molecular weight is 693 g/mol. The van der Waals surface area contributed by atoms with Crippen LogP contribution in [0.2, 0.25) is 0 Å². The molecule has 0 aromatic carbocycles. The van der Waals surface area contributed by atoms with Crippen LogP contribution in [0.5, 0.6) is 0 Å². The minimum Gasteiger partial charge on any atom is -0.390 e. The summed E-state index contributed by atoms with van der Waals surface area (Å²) in [6.07, 6.45) is 11.8. The molecule has 2 N–H and O–H groups in total. The van der Waals surface area contributed by atoms with Crippen LogP contribution in [0.3, 0.4) is 0 Å². The van der Waals surface area contributed by atoms with Crippen molar-refractivity contribution in [1.29, 1.82) is 0 Å². The number of rotatable bonds is 17. The Morgan fingerprint density at radius 3 is 1.73 bits per heavy atom. The molecule has 0 bridgehead atoms. The average Bonchev–Trinajstić information content (AvgIpc) is 3.10. The summed E-state index contributed by atoms with van der Waals surface area (Å²) in [5, 5.41) is 15.0. The molecule has 0 aromatic rings. The molecular formula is C40H80N6O3. The van der Waals surface area contributed by atoms with Gasteiger partial charge in [0.1, 0.15) is 5.72 Å². The Bertz CT molecular complexity index is 946. The van der Waals surface area contributed by atoms with E-state index in [1.807, 2.05) is 7.11 Å². The minimum absolute atomic E-state index is 0.0406. The first-order chi connectivity index (χ1) is 23.2. The van der Waals surface area contributed by atoms with Crippen LogP contribution in [-0.4, -0.2) is 156 Å². The quantitative estimate of drug-likeness (QED) is 0.190. The zero-order valence-electron chi connectivity index (χ0n) is 33.9. The lowest BCUT2D eigenvalue weighted by Crippen LogP contribution is -2.61. The van der Waals surface area contributed by atoms with Gasteiger partial charge in [-0.05, 0) is 112 Å². The summed E-state index contributed by atoms with van der Waals surface area (Å²) >= 11 is 0. The maximum absolute atomic E-state index is 11.1. The SMILES string of the molecule is CCN(CC)C1(OCNC2(C)CCN(C(C)C(CCC(C)N3CCC(C)(OC)CC3)N3CCC(O)(CC)CC3)CC2)CCN(C(C)C)CC1. The fourth-order valence-electron chi connectivity index (χ4n) is 9.52. The number of nitrogens with zero attached hydrogens (tertiary/aromatic N) is 5. The largest absolute Gasteiger partial charge is 0.390 e. The van der Waals surface area contributed by atoms with Gasteiger partial charge in [-0.2, -0.15) is 0 Å². The highest BCUT2D eigenvalue weighted by Gasteiger charge is 2.42. The standard InChI is InChI=1S/C40H80N6O3/c1-11-39(47)20-28-45(29-21-39)36(15-14-34(6)43-26-18-38(9,48-10)19-27-43)35(7)44-24-16-37(8,17-25-44)41-32-49-40(46(12-2)13-3)22-30-42(31-23-40)33(4)5/h33-36,41,47H,11-32H2,1-10H3. The molecule has 0 radical (unpaired) electrons. The molecule has 9 heteroatoms. The Kier molecular flexibility index (Phi) is 15.3. The first-order valence-corrected chi connectivity index (χ1v) is 20.6. The lowest BCUT2D eigenvalue weighted by atomic mass is 9.85. The molecule has 4 saturated heterocycles.